The van der Waals surface area contributed by atoms with Gasteiger partial charge < -0.3 is 20.2 Å². The van der Waals surface area contributed by atoms with Gasteiger partial charge in [0.25, 0.3) is 5.91 Å². The summed E-state index contributed by atoms with van der Waals surface area (Å²) in [7, 11) is 0. The number of fused-ring (bicyclic) bond motifs is 1. The summed E-state index contributed by atoms with van der Waals surface area (Å²) in [4.78, 5) is 40.9. The molecule has 1 aliphatic rings. The third kappa shape index (κ3) is 3.34. The molecule has 8 heteroatoms. The lowest BCUT2D eigenvalue weighted by atomic mass is 10.1. The van der Waals surface area contributed by atoms with Crippen molar-refractivity contribution in [1.82, 2.24) is 14.5 Å². The maximum absolute atomic E-state index is 12.8. The molecule has 3 rings (SSSR count). The summed E-state index contributed by atoms with van der Waals surface area (Å²) in [6.07, 6.45) is 0.905. The minimum Gasteiger partial charge on any atom is -0.336 e. The molecule has 0 saturated carbocycles. The van der Waals surface area contributed by atoms with Crippen molar-refractivity contribution in [3.8, 4) is 0 Å². The fraction of sp³-hybridized carbons (Fsp3) is 0.471. The molecule has 1 fully saturated rings. The van der Waals surface area contributed by atoms with E-state index >= 15 is 0 Å². The van der Waals surface area contributed by atoms with E-state index in [9.17, 15) is 14.4 Å². The van der Waals surface area contributed by atoms with E-state index in [4.69, 9.17) is 5.73 Å². The number of aromatic nitrogens is 2. The maximum Gasteiger partial charge on any atom is 0.316 e. The molecular weight excluding hydrogens is 344 g/mol. The minimum atomic E-state index is -0.674. The highest BCUT2D eigenvalue weighted by molar-refractivity contribution is 5.97. The molecule has 7 nitrogen and oxygen atoms in total. The number of nitrogens with zero attached hydrogens (tertiary/aromatic N) is 2. The van der Waals surface area contributed by atoms with Crippen LogP contribution in [0, 0.1) is 5.92 Å². The zero-order chi connectivity index (χ0) is 17.4. The Morgan fingerprint density at radius 3 is 2.68 bits per heavy atom. The standard InChI is InChI=1S/C17H22N4O3.ClH/c1-3-20-14-5-4-12(7-13(14)19-15(22)17(20)24)16(23)21-9-11(8-18)6-10(21)2;/h4-5,7,10-11H,3,6,8-9,18H2,1-2H3,(H,19,22);1H. The fourth-order valence-corrected chi connectivity index (χ4v) is 3.49. The molecule has 2 heterocycles. The second-order valence-corrected chi connectivity index (χ2v) is 6.38. The highest BCUT2D eigenvalue weighted by Gasteiger charge is 2.32. The van der Waals surface area contributed by atoms with Gasteiger partial charge >= 0.3 is 11.1 Å². The lowest BCUT2D eigenvalue weighted by Gasteiger charge is -2.22. The molecule has 1 aliphatic heterocycles. The first-order valence-electron chi connectivity index (χ1n) is 8.24. The normalized spacial score (nSPS) is 19.9. The van der Waals surface area contributed by atoms with Gasteiger partial charge in [0.1, 0.15) is 0 Å². The highest BCUT2D eigenvalue weighted by Crippen LogP contribution is 2.24. The second kappa shape index (κ2) is 7.41. The summed E-state index contributed by atoms with van der Waals surface area (Å²) in [5.41, 5.74) is 6.09. The molecule has 0 spiro atoms. The molecule has 1 amide bonds. The van der Waals surface area contributed by atoms with E-state index in [1.807, 2.05) is 11.8 Å². The Bertz CT molecular complexity index is 905. The summed E-state index contributed by atoms with van der Waals surface area (Å²) >= 11 is 0. The number of carbonyl (C=O) groups is 1. The molecule has 1 aromatic heterocycles. The van der Waals surface area contributed by atoms with Crippen LogP contribution >= 0.6 is 12.4 Å². The van der Waals surface area contributed by atoms with E-state index in [0.29, 0.717) is 42.1 Å². The van der Waals surface area contributed by atoms with Gasteiger partial charge in [0, 0.05) is 24.7 Å². The number of amides is 1. The minimum absolute atomic E-state index is 0. The Balaban J connectivity index is 0.00000225. The quantitative estimate of drug-likeness (QED) is 0.789. The van der Waals surface area contributed by atoms with Gasteiger partial charge in [-0.15, -0.1) is 12.4 Å². The number of halogens is 1. The van der Waals surface area contributed by atoms with Crippen LogP contribution in [-0.2, 0) is 6.54 Å². The van der Waals surface area contributed by atoms with Crippen molar-refractivity contribution in [3.05, 3.63) is 44.5 Å². The number of carbonyl (C=O) groups excluding carboxylic acids is 1. The number of aromatic amines is 1. The molecule has 1 saturated heterocycles. The van der Waals surface area contributed by atoms with Crippen molar-refractivity contribution in [2.45, 2.75) is 32.9 Å². The maximum atomic E-state index is 12.8. The third-order valence-electron chi connectivity index (χ3n) is 4.79. The van der Waals surface area contributed by atoms with Gasteiger partial charge in [0.05, 0.1) is 11.0 Å². The molecule has 0 radical (unpaired) electrons. The molecule has 2 aromatic rings. The van der Waals surface area contributed by atoms with Gasteiger partial charge in [-0.1, -0.05) is 0 Å². The monoisotopic (exact) mass is 366 g/mol. The van der Waals surface area contributed by atoms with Crippen molar-refractivity contribution in [3.63, 3.8) is 0 Å². The smallest absolute Gasteiger partial charge is 0.316 e. The average Bonchev–Trinajstić information content (AvgIpc) is 2.96. The predicted octanol–water partition coefficient (Wildman–Crippen LogP) is 0.941. The van der Waals surface area contributed by atoms with Gasteiger partial charge in [-0.05, 0) is 50.9 Å². The van der Waals surface area contributed by atoms with E-state index in [1.165, 1.54) is 4.57 Å². The van der Waals surface area contributed by atoms with E-state index in [1.54, 1.807) is 25.1 Å². The zero-order valence-corrected chi connectivity index (χ0v) is 15.1. The Hall–Kier alpha value is -2.12. The summed E-state index contributed by atoms with van der Waals surface area (Å²) in [5.74, 6) is 0.255. The first kappa shape index (κ1) is 19.2. The number of hydrogen-bond donors (Lipinski definition) is 2. The van der Waals surface area contributed by atoms with Gasteiger partial charge in [-0.25, -0.2) is 0 Å². The lowest BCUT2D eigenvalue weighted by molar-refractivity contribution is 0.0743. The van der Waals surface area contributed by atoms with Gasteiger partial charge in [-0.3, -0.25) is 14.4 Å². The van der Waals surface area contributed by atoms with Crippen LogP contribution in [0.15, 0.2) is 27.8 Å². The van der Waals surface area contributed by atoms with Crippen LogP contribution < -0.4 is 16.9 Å². The number of aryl methyl sites for hydroxylation is 1. The van der Waals surface area contributed by atoms with Gasteiger partial charge in [-0.2, -0.15) is 0 Å². The molecular formula is C17H23ClN4O3. The molecule has 2 atom stereocenters. The summed E-state index contributed by atoms with van der Waals surface area (Å²) in [5, 5.41) is 0. The van der Waals surface area contributed by atoms with Crippen molar-refractivity contribution in [2.75, 3.05) is 13.1 Å². The van der Waals surface area contributed by atoms with E-state index in [2.05, 4.69) is 4.98 Å². The number of nitrogens with two attached hydrogens (primary N) is 1. The molecule has 136 valence electrons. The Morgan fingerprint density at radius 2 is 2.08 bits per heavy atom. The lowest BCUT2D eigenvalue weighted by Crippen LogP contribution is -2.36. The SMILES string of the molecule is CCn1c(=O)c(=O)[nH]c2cc(C(=O)N3CC(CN)CC3C)ccc21.Cl. The van der Waals surface area contributed by atoms with Crippen LogP contribution in [0.25, 0.3) is 11.0 Å². The summed E-state index contributed by atoms with van der Waals surface area (Å²) in [6.45, 7) is 5.44. The van der Waals surface area contributed by atoms with E-state index < -0.39 is 11.1 Å². The number of nitrogens with one attached hydrogen (secondary N) is 1. The van der Waals surface area contributed by atoms with E-state index in [0.717, 1.165) is 6.42 Å². The molecule has 0 aliphatic carbocycles. The number of hydrogen-bond acceptors (Lipinski definition) is 4. The Kier molecular flexibility index (Phi) is 5.69. The number of H-pyrrole nitrogens is 1. The number of benzene rings is 1. The largest absolute Gasteiger partial charge is 0.336 e. The van der Waals surface area contributed by atoms with Gasteiger partial charge in [0.15, 0.2) is 0 Å². The van der Waals surface area contributed by atoms with Crippen molar-refractivity contribution in [1.29, 1.82) is 0 Å². The third-order valence-corrected chi connectivity index (χ3v) is 4.79. The van der Waals surface area contributed by atoms with Crippen LogP contribution in [0.5, 0.6) is 0 Å². The first-order valence-corrected chi connectivity index (χ1v) is 8.24. The predicted molar refractivity (Wildman–Crippen MR) is 99.4 cm³/mol. The van der Waals surface area contributed by atoms with Crippen LogP contribution in [0.3, 0.4) is 0 Å². The Morgan fingerprint density at radius 1 is 1.36 bits per heavy atom. The number of rotatable bonds is 3. The molecule has 2 unspecified atom stereocenters. The molecule has 3 N–H and O–H groups in total. The van der Waals surface area contributed by atoms with E-state index in [-0.39, 0.29) is 24.4 Å². The fourth-order valence-electron chi connectivity index (χ4n) is 3.49. The summed E-state index contributed by atoms with van der Waals surface area (Å²) in [6, 6.07) is 5.21. The van der Waals surface area contributed by atoms with Gasteiger partial charge in [0.2, 0.25) is 0 Å². The first-order chi connectivity index (χ1) is 11.5. The topological polar surface area (TPSA) is 101 Å². The van der Waals surface area contributed by atoms with Crippen LogP contribution in [0.1, 0.15) is 30.6 Å². The highest BCUT2D eigenvalue weighted by atomic mass is 35.5. The van der Waals surface area contributed by atoms with Crippen molar-refractivity contribution >= 4 is 29.3 Å². The van der Waals surface area contributed by atoms with Crippen molar-refractivity contribution in [2.24, 2.45) is 11.7 Å². The van der Waals surface area contributed by atoms with Crippen LogP contribution in [0.2, 0.25) is 0 Å². The van der Waals surface area contributed by atoms with Crippen molar-refractivity contribution < 1.29 is 4.79 Å². The molecule has 0 bridgehead atoms. The molecule has 1 aromatic carbocycles. The zero-order valence-electron chi connectivity index (χ0n) is 14.3. The second-order valence-electron chi connectivity index (χ2n) is 6.38. The Labute approximate surface area is 151 Å². The molecule has 25 heavy (non-hydrogen) atoms. The average molecular weight is 367 g/mol. The van der Waals surface area contributed by atoms with Crippen LogP contribution in [-0.4, -0.2) is 39.5 Å². The number of likely N-dealkylation sites (tertiary alicyclic amines) is 1. The summed E-state index contributed by atoms with van der Waals surface area (Å²) < 4.78 is 1.41. The van der Waals surface area contributed by atoms with Crippen LogP contribution in [0.4, 0.5) is 0 Å².